The number of carbonyl (C=O) groups is 3. The van der Waals surface area contributed by atoms with E-state index in [1.165, 1.54) is 0 Å². The minimum atomic E-state index is -0.626. The fourth-order valence-electron chi connectivity index (χ4n) is 2.60. The molecule has 1 N–H and O–H groups in total. The Morgan fingerprint density at radius 2 is 1.26 bits per heavy atom. The van der Waals surface area contributed by atoms with E-state index >= 15 is 0 Å². The van der Waals surface area contributed by atoms with Gasteiger partial charge in [0.1, 0.15) is 11.5 Å². The molecule has 0 fully saturated rings. The highest BCUT2D eigenvalue weighted by Crippen LogP contribution is 2.21. The number of ether oxygens (including phenoxy) is 3. The smallest absolute Gasteiger partial charge is 0.338 e. The first-order chi connectivity index (χ1) is 15.0. The third-order valence-corrected chi connectivity index (χ3v) is 4.08. The molecular formula is C24H21NO6. The molecule has 0 radical (unpaired) electrons. The monoisotopic (exact) mass is 419 g/mol. The van der Waals surface area contributed by atoms with Gasteiger partial charge in [-0.1, -0.05) is 18.2 Å². The summed E-state index contributed by atoms with van der Waals surface area (Å²) in [4.78, 5) is 35.8. The zero-order valence-corrected chi connectivity index (χ0v) is 16.9. The Labute approximate surface area is 179 Å². The van der Waals surface area contributed by atoms with Gasteiger partial charge >= 0.3 is 11.9 Å². The highest BCUT2D eigenvalue weighted by molar-refractivity contribution is 5.96. The zero-order valence-electron chi connectivity index (χ0n) is 16.9. The van der Waals surface area contributed by atoms with Crippen LogP contribution in [-0.4, -0.2) is 31.1 Å². The topological polar surface area (TPSA) is 90.9 Å². The van der Waals surface area contributed by atoms with Crippen molar-refractivity contribution in [3.8, 4) is 11.5 Å². The van der Waals surface area contributed by atoms with Crippen LogP contribution >= 0.6 is 0 Å². The van der Waals surface area contributed by atoms with Crippen LogP contribution in [0.25, 0.3) is 0 Å². The molecule has 0 aliphatic carbocycles. The predicted octanol–water partition coefficient (Wildman–Crippen LogP) is 4.45. The van der Waals surface area contributed by atoms with Crippen molar-refractivity contribution in [3.05, 3.63) is 90.0 Å². The number of hydrogen-bond acceptors (Lipinski definition) is 6. The zero-order chi connectivity index (χ0) is 22.1. The van der Waals surface area contributed by atoms with Crippen molar-refractivity contribution in [3.63, 3.8) is 0 Å². The summed E-state index contributed by atoms with van der Waals surface area (Å²) in [5.41, 5.74) is 1.15. The maximum absolute atomic E-state index is 12.2. The Morgan fingerprint density at radius 3 is 1.87 bits per heavy atom. The minimum absolute atomic E-state index is 0.283. The molecule has 0 spiro atoms. The van der Waals surface area contributed by atoms with Crippen LogP contribution in [0.5, 0.6) is 11.5 Å². The molecule has 7 nitrogen and oxygen atoms in total. The summed E-state index contributed by atoms with van der Waals surface area (Å²) in [5.74, 6) is -0.300. The Bertz CT molecular complexity index is 1030. The van der Waals surface area contributed by atoms with Gasteiger partial charge in [0.15, 0.2) is 6.61 Å². The highest BCUT2D eigenvalue weighted by atomic mass is 16.5. The van der Waals surface area contributed by atoms with E-state index in [0.717, 1.165) is 0 Å². The van der Waals surface area contributed by atoms with Crippen LogP contribution in [0.4, 0.5) is 5.69 Å². The lowest BCUT2D eigenvalue weighted by Gasteiger charge is -2.08. The number of carbonyl (C=O) groups excluding carboxylic acids is 3. The second-order valence-electron chi connectivity index (χ2n) is 6.36. The molecule has 0 aliphatic heterocycles. The number of nitrogens with one attached hydrogen (secondary N) is 1. The summed E-state index contributed by atoms with van der Waals surface area (Å²) in [6.45, 7) is 1.56. The van der Waals surface area contributed by atoms with E-state index in [4.69, 9.17) is 14.2 Å². The van der Waals surface area contributed by atoms with Gasteiger partial charge in [0.2, 0.25) is 0 Å². The Hall–Kier alpha value is -4.13. The lowest BCUT2D eigenvalue weighted by atomic mass is 10.2. The molecule has 0 saturated carbocycles. The fraction of sp³-hybridized carbons (Fsp3) is 0.125. The van der Waals surface area contributed by atoms with E-state index < -0.39 is 24.5 Å². The molecule has 0 bridgehead atoms. The number of benzene rings is 3. The molecule has 0 saturated heterocycles. The second kappa shape index (κ2) is 10.6. The van der Waals surface area contributed by atoms with E-state index in [-0.39, 0.29) is 6.61 Å². The van der Waals surface area contributed by atoms with E-state index in [2.05, 4.69) is 5.32 Å². The summed E-state index contributed by atoms with van der Waals surface area (Å²) in [7, 11) is 0. The quantitative estimate of drug-likeness (QED) is 0.543. The average Bonchev–Trinajstić information content (AvgIpc) is 2.79. The summed E-state index contributed by atoms with van der Waals surface area (Å²) in [6, 6.07) is 21.9. The van der Waals surface area contributed by atoms with Crippen LogP contribution < -0.4 is 10.1 Å². The first-order valence-electron chi connectivity index (χ1n) is 9.62. The van der Waals surface area contributed by atoms with Gasteiger partial charge < -0.3 is 19.5 Å². The summed E-state index contributed by atoms with van der Waals surface area (Å²) in [6.07, 6.45) is 0. The molecule has 0 aromatic heterocycles. The number of hydrogen-bond donors (Lipinski definition) is 1. The lowest BCUT2D eigenvalue weighted by Crippen LogP contribution is -2.21. The van der Waals surface area contributed by atoms with Gasteiger partial charge in [-0.25, -0.2) is 9.59 Å². The fourth-order valence-corrected chi connectivity index (χ4v) is 2.60. The summed E-state index contributed by atoms with van der Waals surface area (Å²) >= 11 is 0. The van der Waals surface area contributed by atoms with E-state index in [0.29, 0.717) is 28.3 Å². The standard InChI is InChI=1S/C24H21NO6/c1-2-29-23(27)17-8-12-19(13-9-17)25-22(26)16-30-24(28)18-10-14-21(15-11-18)31-20-6-4-3-5-7-20/h3-15H,2,16H2,1H3,(H,25,26). The third-order valence-electron chi connectivity index (χ3n) is 4.08. The second-order valence-corrected chi connectivity index (χ2v) is 6.36. The van der Waals surface area contributed by atoms with E-state index in [1.807, 2.05) is 30.3 Å². The summed E-state index contributed by atoms with van der Waals surface area (Å²) < 4.78 is 15.6. The number of amides is 1. The molecule has 158 valence electrons. The van der Waals surface area contributed by atoms with Gasteiger partial charge in [0.05, 0.1) is 17.7 Å². The normalized spacial score (nSPS) is 10.1. The molecular weight excluding hydrogens is 398 g/mol. The largest absolute Gasteiger partial charge is 0.462 e. The Morgan fingerprint density at radius 1 is 0.710 bits per heavy atom. The van der Waals surface area contributed by atoms with Crippen molar-refractivity contribution in [1.82, 2.24) is 0 Å². The maximum atomic E-state index is 12.2. The summed E-state index contributed by atoms with van der Waals surface area (Å²) in [5, 5.41) is 2.60. The van der Waals surface area contributed by atoms with Crippen molar-refractivity contribution in [2.75, 3.05) is 18.5 Å². The first-order valence-corrected chi connectivity index (χ1v) is 9.62. The molecule has 0 atom stereocenters. The van der Waals surface area contributed by atoms with Crippen LogP contribution in [0.1, 0.15) is 27.6 Å². The van der Waals surface area contributed by atoms with Gasteiger partial charge in [-0.15, -0.1) is 0 Å². The SMILES string of the molecule is CCOC(=O)c1ccc(NC(=O)COC(=O)c2ccc(Oc3ccccc3)cc2)cc1. The van der Waals surface area contributed by atoms with Crippen LogP contribution in [0.15, 0.2) is 78.9 Å². The van der Waals surface area contributed by atoms with Crippen molar-refractivity contribution < 1.29 is 28.6 Å². The van der Waals surface area contributed by atoms with Crippen molar-refractivity contribution in [2.45, 2.75) is 6.92 Å². The van der Waals surface area contributed by atoms with Gasteiger partial charge in [-0.2, -0.15) is 0 Å². The van der Waals surface area contributed by atoms with E-state index in [1.54, 1.807) is 55.5 Å². The van der Waals surface area contributed by atoms with Gasteiger partial charge in [-0.05, 0) is 67.6 Å². The highest BCUT2D eigenvalue weighted by Gasteiger charge is 2.12. The minimum Gasteiger partial charge on any atom is -0.462 e. The number of para-hydroxylation sites is 1. The number of anilines is 1. The lowest BCUT2D eigenvalue weighted by molar-refractivity contribution is -0.119. The van der Waals surface area contributed by atoms with Crippen molar-refractivity contribution in [1.29, 1.82) is 0 Å². The predicted molar refractivity (Wildman–Crippen MR) is 114 cm³/mol. The molecule has 31 heavy (non-hydrogen) atoms. The van der Waals surface area contributed by atoms with Gasteiger partial charge in [0.25, 0.3) is 5.91 Å². The number of rotatable bonds is 8. The molecule has 3 rings (SSSR count). The molecule has 0 unspecified atom stereocenters. The van der Waals surface area contributed by atoms with Gasteiger partial charge in [0, 0.05) is 5.69 Å². The van der Waals surface area contributed by atoms with Crippen LogP contribution in [0, 0.1) is 0 Å². The van der Waals surface area contributed by atoms with Gasteiger partial charge in [-0.3, -0.25) is 4.79 Å². The van der Waals surface area contributed by atoms with Crippen LogP contribution in [-0.2, 0) is 14.3 Å². The molecule has 0 heterocycles. The van der Waals surface area contributed by atoms with E-state index in [9.17, 15) is 14.4 Å². The Balaban J connectivity index is 1.47. The average molecular weight is 419 g/mol. The molecule has 3 aromatic rings. The van der Waals surface area contributed by atoms with Crippen molar-refractivity contribution >= 4 is 23.5 Å². The molecule has 3 aromatic carbocycles. The van der Waals surface area contributed by atoms with Crippen LogP contribution in [0.2, 0.25) is 0 Å². The van der Waals surface area contributed by atoms with Crippen molar-refractivity contribution in [2.24, 2.45) is 0 Å². The molecule has 0 aliphatic rings. The number of esters is 2. The Kier molecular flexibility index (Phi) is 7.37. The maximum Gasteiger partial charge on any atom is 0.338 e. The molecule has 1 amide bonds. The van der Waals surface area contributed by atoms with Crippen LogP contribution in [0.3, 0.4) is 0 Å². The first kappa shape index (κ1) is 21.6. The third kappa shape index (κ3) is 6.43. The molecule has 7 heteroatoms.